The van der Waals surface area contributed by atoms with E-state index in [-0.39, 0.29) is 17.8 Å². The first kappa shape index (κ1) is 23.6. The van der Waals surface area contributed by atoms with Crippen LogP contribution in [0.15, 0.2) is 71.1 Å². The zero-order valence-corrected chi connectivity index (χ0v) is 20.5. The minimum atomic E-state index is -0.518. The summed E-state index contributed by atoms with van der Waals surface area (Å²) >= 11 is 12.4. The van der Waals surface area contributed by atoms with Crippen LogP contribution in [0.2, 0.25) is 10.0 Å². The van der Waals surface area contributed by atoms with Crippen molar-refractivity contribution < 1.29 is 14.3 Å². The number of allylic oxidation sites excluding steroid dienone is 3. The van der Waals surface area contributed by atoms with Crippen LogP contribution in [-0.4, -0.2) is 17.9 Å². The molecule has 1 aliphatic heterocycles. The third-order valence-corrected chi connectivity index (χ3v) is 6.94. The summed E-state index contributed by atoms with van der Waals surface area (Å²) < 4.78 is 5.69. The lowest BCUT2D eigenvalue weighted by Crippen LogP contribution is -2.36. The lowest BCUT2D eigenvalue weighted by atomic mass is 9.72. The van der Waals surface area contributed by atoms with Crippen LogP contribution in [0, 0.1) is 0 Å². The maximum absolute atomic E-state index is 13.6. The smallest absolute Gasteiger partial charge is 0.337 e. The molecule has 33 heavy (non-hydrogen) atoms. The third kappa shape index (κ3) is 4.87. The summed E-state index contributed by atoms with van der Waals surface area (Å²) in [6.07, 6.45) is 1.53. The largest absolute Gasteiger partial charge is 0.459 e. The Morgan fingerprint density at radius 3 is 2.48 bits per heavy atom. The van der Waals surface area contributed by atoms with Gasteiger partial charge in [-0.15, -0.1) is 0 Å². The number of carbonyl (C=O) groups is 2. The van der Waals surface area contributed by atoms with E-state index in [9.17, 15) is 9.59 Å². The molecule has 0 fully saturated rings. The first-order chi connectivity index (χ1) is 15.8. The highest BCUT2D eigenvalue weighted by atomic mass is 35.5. The van der Waals surface area contributed by atoms with Crippen LogP contribution < -0.4 is 5.32 Å². The van der Waals surface area contributed by atoms with E-state index in [2.05, 4.69) is 5.32 Å². The molecule has 0 saturated heterocycles. The quantitative estimate of drug-likeness (QED) is 0.480. The average molecular weight is 484 g/mol. The molecule has 0 unspecified atom stereocenters. The van der Waals surface area contributed by atoms with Gasteiger partial charge in [0.15, 0.2) is 5.78 Å². The number of Topliss-reactive ketones (excluding diaryl/α,β-unsaturated/α-hetero) is 1. The normalized spacial score (nSPS) is 21.4. The summed E-state index contributed by atoms with van der Waals surface area (Å²) in [5.74, 6) is -0.855. The predicted molar refractivity (Wildman–Crippen MR) is 131 cm³/mol. The molecule has 1 N–H and O–H groups in total. The van der Waals surface area contributed by atoms with Crippen LogP contribution in [0.25, 0.3) is 0 Å². The number of esters is 1. The van der Waals surface area contributed by atoms with Crippen molar-refractivity contribution in [2.45, 2.75) is 58.0 Å². The zero-order valence-electron chi connectivity index (χ0n) is 19.0. The highest BCUT2D eigenvalue weighted by Crippen LogP contribution is 2.46. The Morgan fingerprint density at radius 2 is 1.82 bits per heavy atom. The van der Waals surface area contributed by atoms with Crippen LogP contribution in [0.3, 0.4) is 0 Å². The van der Waals surface area contributed by atoms with E-state index in [4.69, 9.17) is 27.9 Å². The molecule has 4 nitrogen and oxygen atoms in total. The molecule has 1 heterocycles. The molecule has 2 aliphatic rings. The number of carbonyl (C=O) groups excluding carboxylic acids is 2. The van der Waals surface area contributed by atoms with Gasteiger partial charge in [0, 0.05) is 39.4 Å². The molecule has 0 amide bonds. The second-order valence-corrected chi connectivity index (χ2v) is 9.62. The molecular formula is C27H27Cl2NO3. The maximum Gasteiger partial charge on any atom is 0.337 e. The van der Waals surface area contributed by atoms with E-state index in [0.29, 0.717) is 46.2 Å². The van der Waals surface area contributed by atoms with Gasteiger partial charge in [-0.1, -0.05) is 54.4 Å². The van der Waals surface area contributed by atoms with Gasteiger partial charge in [-0.25, -0.2) is 4.79 Å². The number of halogens is 2. The minimum Gasteiger partial charge on any atom is -0.459 e. The highest BCUT2D eigenvalue weighted by Gasteiger charge is 2.41. The Bertz CT molecular complexity index is 1150. The van der Waals surface area contributed by atoms with E-state index >= 15 is 0 Å². The number of ether oxygens (including phenoxy) is 1. The third-order valence-electron chi connectivity index (χ3n) is 6.45. The monoisotopic (exact) mass is 483 g/mol. The van der Waals surface area contributed by atoms with E-state index in [1.807, 2.05) is 63.2 Å². The van der Waals surface area contributed by atoms with Crippen molar-refractivity contribution in [1.82, 2.24) is 5.32 Å². The van der Waals surface area contributed by atoms with Crippen molar-refractivity contribution in [1.29, 1.82) is 0 Å². The van der Waals surface area contributed by atoms with E-state index in [1.165, 1.54) is 0 Å². The van der Waals surface area contributed by atoms with Gasteiger partial charge in [0.25, 0.3) is 0 Å². The Balaban J connectivity index is 1.78. The van der Waals surface area contributed by atoms with Gasteiger partial charge in [0.1, 0.15) is 0 Å². The number of ketones is 1. The van der Waals surface area contributed by atoms with Gasteiger partial charge in [0.05, 0.1) is 11.7 Å². The van der Waals surface area contributed by atoms with E-state index < -0.39 is 11.9 Å². The van der Waals surface area contributed by atoms with Gasteiger partial charge in [-0.3, -0.25) is 4.79 Å². The number of nitrogens with one attached hydrogen (secondary N) is 1. The van der Waals surface area contributed by atoms with Crippen LogP contribution in [0.1, 0.15) is 63.0 Å². The molecule has 2 aromatic carbocycles. The Kier molecular flexibility index (Phi) is 6.96. The maximum atomic E-state index is 13.6. The molecule has 0 radical (unpaired) electrons. The molecule has 2 aromatic rings. The number of hydrogen-bond acceptors (Lipinski definition) is 4. The van der Waals surface area contributed by atoms with Crippen molar-refractivity contribution >= 4 is 35.0 Å². The zero-order chi connectivity index (χ0) is 23.7. The van der Waals surface area contributed by atoms with Crippen molar-refractivity contribution in [3.05, 3.63) is 92.2 Å². The van der Waals surface area contributed by atoms with Crippen molar-refractivity contribution in [3.63, 3.8) is 0 Å². The van der Waals surface area contributed by atoms with Crippen molar-refractivity contribution in [3.8, 4) is 0 Å². The molecule has 0 aromatic heterocycles. The summed E-state index contributed by atoms with van der Waals surface area (Å²) in [6.45, 7) is 5.70. The van der Waals surface area contributed by atoms with Gasteiger partial charge in [-0.2, -0.15) is 0 Å². The fourth-order valence-corrected chi connectivity index (χ4v) is 4.95. The summed E-state index contributed by atoms with van der Waals surface area (Å²) in [4.78, 5) is 26.8. The fraction of sp³-hybridized carbons (Fsp3) is 0.333. The topological polar surface area (TPSA) is 55.4 Å². The number of benzene rings is 2. The summed E-state index contributed by atoms with van der Waals surface area (Å²) in [6, 6.07) is 15.0. The molecule has 3 atom stereocenters. The molecule has 1 aliphatic carbocycles. The first-order valence-electron chi connectivity index (χ1n) is 11.2. The number of dihydropyridines is 1. The van der Waals surface area contributed by atoms with E-state index in [0.717, 1.165) is 16.8 Å². The van der Waals surface area contributed by atoms with Gasteiger partial charge in [0.2, 0.25) is 0 Å². The Morgan fingerprint density at radius 1 is 1.09 bits per heavy atom. The van der Waals surface area contributed by atoms with Gasteiger partial charge < -0.3 is 10.1 Å². The predicted octanol–water partition coefficient (Wildman–Crippen LogP) is 6.70. The molecule has 0 saturated carbocycles. The standard InChI is InChI=1S/C27H27Cl2NO3/c1-4-15(2)33-27(32)24-16(3)30-22-13-19(17-8-10-20(28)11-9-17)14-23(31)26(22)25(24)18-6-5-7-21(29)12-18/h5-12,15,19,25,30H,4,13-14H2,1-3H3/t15-,19-,25+/m1/s1. The average Bonchev–Trinajstić information content (AvgIpc) is 2.78. The Labute approximate surface area is 204 Å². The summed E-state index contributed by atoms with van der Waals surface area (Å²) in [5.41, 5.74) is 4.54. The lowest BCUT2D eigenvalue weighted by Gasteiger charge is -2.37. The van der Waals surface area contributed by atoms with Crippen LogP contribution in [0.5, 0.6) is 0 Å². The second kappa shape index (κ2) is 9.74. The van der Waals surface area contributed by atoms with Crippen LogP contribution in [-0.2, 0) is 14.3 Å². The fourth-order valence-electron chi connectivity index (χ4n) is 4.63. The van der Waals surface area contributed by atoms with Crippen molar-refractivity contribution in [2.24, 2.45) is 0 Å². The van der Waals surface area contributed by atoms with Gasteiger partial charge >= 0.3 is 5.97 Å². The van der Waals surface area contributed by atoms with Crippen molar-refractivity contribution in [2.75, 3.05) is 0 Å². The molecule has 4 rings (SSSR count). The number of hydrogen-bond donors (Lipinski definition) is 1. The van der Waals surface area contributed by atoms with Crippen LogP contribution in [0.4, 0.5) is 0 Å². The summed E-state index contributed by atoms with van der Waals surface area (Å²) in [5, 5.41) is 4.60. The first-order valence-corrected chi connectivity index (χ1v) is 12.0. The molecule has 0 bridgehead atoms. The van der Waals surface area contributed by atoms with Gasteiger partial charge in [-0.05, 0) is 68.0 Å². The Hall–Kier alpha value is -2.56. The summed E-state index contributed by atoms with van der Waals surface area (Å²) in [7, 11) is 0. The molecule has 172 valence electrons. The minimum absolute atomic E-state index is 0.0232. The van der Waals surface area contributed by atoms with Crippen LogP contribution >= 0.6 is 23.2 Å². The lowest BCUT2D eigenvalue weighted by molar-refractivity contribution is -0.144. The number of rotatable bonds is 5. The van der Waals surface area contributed by atoms with E-state index in [1.54, 1.807) is 6.07 Å². The highest BCUT2D eigenvalue weighted by molar-refractivity contribution is 6.30. The second-order valence-electron chi connectivity index (χ2n) is 8.75. The molecular weight excluding hydrogens is 457 g/mol. The molecule has 6 heteroatoms. The SMILES string of the molecule is CC[C@@H](C)OC(=O)C1=C(C)NC2=C(C(=O)C[C@H](c3ccc(Cl)cc3)C2)[C@H]1c1cccc(Cl)c1. The molecule has 0 spiro atoms.